The lowest BCUT2D eigenvalue weighted by atomic mass is 10.0. The third kappa shape index (κ3) is 1.00. The summed E-state index contributed by atoms with van der Waals surface area (Å²) in [5, 5.41) is 0. The van der Waals surface area contributed by atoms with E-state index in [1.807, 2.05) is 0 Å². The van der Waals surface area contributed by atoms with E-state index in [-0.39, 0.29) is 0 Å². The predicted molar refractivity (Wildman–Crippen MR) is 36.7 cm³/mol. The summed E-state index contributed by atoms with van der Waals surface area (Å²) < 4.78 is 0. The molecule has 0 unspecified atom stereocenters. The summed E-state index contributed by atoms with van der Waals surface area (Å²) in [5.41, 5.74) is 1.33. The van der Waals surface area contributed by atoms with Crippen LogP contribution in [0.2, 0.25) is 0 Å². The Morgan fingerprint density at radius 1 is 1.50 bits per heavy atom. The Labute approximate surface area is 50.9 Å². The summed E-state index contributed by atoms with van der Waals surface area (Å²) >= 11 is 0. The molecular formula is C8H12. The molecule has 0 aromatic rings. The van der Waals surface area contributed by atoms with Gasteiger partial charge in [0.05, 0.1) is 0 Å². The number of hydrogen-bond acceptors (Lipinski definition) is 0. The van der Waals surface area contributed by atoms with Crippen LogP contribution in [0.25, 0.3) is 0 Å². The zero-order valence-corrected chi connectivity index (χ0v) is 5.35. The summed E-state index contributed by atoms with van der Waals surface area (Å²) in [6.07, 6.45) is 6.91. The van der Waals surface area contributed by atoms with Crippen LogP contribution in [0, 0.1) is 5.92 Å². The van der Waals surface area contributed by atoms with Crippen LogP contribution >= 0.6 is 0 Å². The van der Waals surface area contributed by atoms with E-state index in [9.17, 15) is 0 Å². The van der Waals surface area contributed by atoms with E-state index in [0.717, 1.165) is 5.92 Å². The van der Waals surface area contributed by atoms with Gasteiger partial charge in [-0.15, -0.1) is 0 Å². The Balaban J connectivity index is 2.41. The van der Waals surface area contributed by atoms with Crippen molar-refractivity contribution >= 4 is 0 Å². The fourth-order valence-corrected chi connectivity index (χ4v) is 1.02. The van der Waals surface area contributed by atoms with E-state index in [1.54, 1.807) is 0 Å². The molecule has 0 spiro atoms. The van der Waals surface area contributed by atoms with Gasteiger partial charge >= 0.3 is 0 Å². The lowest BCUT2D eigenvalue weighted by Gasteiger charge is -2.05. The summed E-state index contributed by atoms with van der Waals surface area (Å²) in [7, 11) is 0. The Morgan fingerprint density at radius 2 is 2.00 bits per heavy atom. The third-order valence-corrected chi connectivity index (χ3v) is 1.70. The van der Waals surface area contributed by atoms with Crippen LogP contribution < -0.4 is 0 Å². The molecule has 0 amide bonds. The van der Waals surface area contributed by atoms with Gasteiger partial charge in [0.15, 0.2) is 0 Å². The molecule has 8 heavy (non-hydrogen) atoms. The number of allylic oxidation sites excluding steroid dienone is 3. The number of rotatable bonds is 1. The predicted octanol–water partition coefficient (Wildman–Crippen LogP) is 2.53. The normalized spacial score (nSPS) is 19.6. The molecule has 1 aliphatic rings. The molecule has 0 nitrogen and oxygen atoms in total. The van der Waals surface area contributed by atoms with Crippen LogP contribution in [0.5, 0.6) is 0 Å². The van der Waals surface area contributed by atoms with Gasteiger partial charge in [-0.2, -0.15) is 0 Å². The summed E-state index contributed by atoms with van der Waals surface area (Å²) in [5.74, 6) is 0.759. The largest absolute Gasteiger partial charge is 0.0998 e. The van der Waals surface area contributed by atoms with Gasteiger partial charge in [-0.1, -0.05) is 24.3 Å². The van der Waals surface area contributed by atoms with Gasteiger partial charge in [0.25, 0.3) is 0 Å². The smallest absolute Gasteiger partial charge is 0.0140 e. The van der Waals surface area contributed by atoms with Gasteiger partial charge in [0.1, 0.15) is 0 Å². The molecule has 44 valence electrons. The minimum absolute atomic E-state index is 0.759. The SMILES string of the molecule is C=C(C)C1CC=CC1. The molecule has 1 rings (SSSR count). The average Bonchev–Trinajstić information content (AvgIpc) is 2.12. The molecule has 0 atom stereocenters. The van der Waals surface area contributed by atoms with Gasteiger partial charge in [-0.25, -0.2) is 0 Å². The fourth-order valence-electron chi connectivity index (χ4n) is 1.02. The van der Waals surface area contributed by atoms with E-state index < -0.39 is 0 Å². The van der Waals surface area contributed by atoms with Crippen LogP contribution in [-0.4, -0.2) is 0 Å². The number of hydrogen-bond donors (Lipinski definition) is 0. The van der Waals surface area contributed by atoms with Crippen LogP contribution in [0.15, 0.2) is 24.3 Å². The monoisotopic (exact) mass is 108 g/mol. The molecule has 0 radical (unpaired) electrons. The van der Waals surface area contributed by atoms with E-state index >= 15 is 0 Å². The van der Waals surface area contributed by atoms with Crippen molar-refractivity contribution in [3.63, 3.8) is 0 Å². The second kappa shape index (κ2) is 2.17. The summed E-state index contributed by atoms with van der Waals surface area (Å²) in [6.45, 7) is 6.01. The van der Waals surface area contributed by atoms with Crippen molar-refractivity contribution in [3.8, 4) is 0 Å². The fraction of sp³-hybridized carbons (Fsp3) is 0.500. The average molecular weight is 108 g/mol. The Kier molecular flexibility index (Phi) is 1.52. The van der Waals surface area contributed by atoms with E-state index in [1.165, 1.54) is 18.4 Å². The maximum atomic E-state index is 3.90. The molecule has 0 aromatic carbocycles. The van der Waals surface area contributed by atoms with Gasteiger partial charge in [0.2, 0.25) is 0 Å². The van der Waals surface area contributed by atoms with Crippen LogP contribution in [-0.2, 0) is 0 Å². The van der Waals surface area contributed by atoms with Crippen molar-refractivity contribution in [2.75, 3.05) is 0 Å². The molecule has 0 aliphatic heterocycles. The van der Waals surface area contributed by atoms with Crippen molar-refractivity contribution in [2.45, 2.75) is 19.8 Å². The van der Waals surface area contributed by atoms with Crippen LogP contribution in [0.4, 0.5) is 0 Å². The van der Waals surface area contributed by atoms with Gasteiger partial charge in [0, 0.05) is 0 Å². The van der Waals surface area contributed by atoms with Crippen molar-refractivity contribution in [1.29, 1.82) is 0 Å². The second-order valence-corrected chi connectivity index (χ2v) is 2.49. The Morgan fingerprint density at radius 3 is 2.25 bits per heavy atom. The molecule has 1 aliphatic carbocycles. The first-order valence-corrected chi connectivity index (χ1v) is 3.11. The maximum Gasteiger partial charge on any atom is -0.0140 e. The van der Waals surface area contributed by atoms with Crippen LogP contribution in [0.3, 0.4) is 0 Å². The molecule has 0 fully saturated rings. The lowest BCUT2D eigenvalue weighted by molar-refractivity contribution is 0.672. The van der Waals surface area contributed by atoms with Crippen LogP contribution in [0.1, 0.15) is 19.8 Å². The van der Waals surface area contributed by atoms with Crippen molar-refractivity contribution in [1.82, 2.24) is 0 Å². The van der Waals surface area contributed by atoms with Gasteiger partial charge < -0.3 is 0 Å². The van der Waals surface area contributed by atoms with Crippen molar-refractivity contribution in [3.05, 3.63) is 24.3 Å². The topological polar surface area (TPSA) is 0 Å². The highest BCUT2D eigenvalue weighted by atomic mass is 14.1. The summed E-state index contributed by atoms with van der Waals surface area (Å²) in [6, 6.07) is 0. The molecular weight excluding hydrogens is 96.1 g/mol. The molecule has 0 bridgehead atoms. The van der Waals surface area contributed by atoms with Gasteiger partial charge in [-0.3, -0.25) is 0 Å². The Bertz CT molecular complexity index is 112. The third-order valence-electron chi connectivity index (χ3n) is 1.70. The van der Waals surface area contributed by atoms with E-state index in [2.05, 4.69) is 25.7 Å². The highest BCUT2D eigenvalue weighted by molar-refractivity contribution is 5.07. The molecule has 0 saturated heterocycles. The zero-order chi connectivity index (χ0) is 5.98. The standard InChI is InChI=1S/C8H12/c1-7(2)8-5-3-4-6-8/h3-4,8H,1,5-6H2,2H3. The summed E-state index contributed by atoms with van der Waals surface area (Å²) in [4.78, 5) is 0. The van der Waals surface area contributed by atoms with Gasteiger partial charge in [-0.05, 0) is 25.7 Å². The minimum atomic E-state index is 0.759. The maximum absolute atomic E-state index is 3.90. The molecule has 0 heterocycles. The molecule has 0 N–H and O–H groups in total. The first-order valence-electron chi connectivity index (χ1n) is 3.11. The van der Waals surface area contributed by atoms with Crippen molar-refractivity contribution in [2.24, 2.45) is 5.92 Å². The molecule has 0 aromatic heterocycles. The Hall–Kier alpha value is -0.520. The van der Waals surface area contributed by atoms with Crippen molar-refractivity contribution < 1.29 is 0 Å². The second-order valence-electron chi connectivity index (χ2n) is 2.49. The first-order chi connectivity index (χ1) is 3.80. The highest BCUT2D eigenvalue weighted by Crippen LogP contribution is 2.23. The minimum Gasteiger partial charge on any atom is -0.0998 e. The quantitative estimate of drug-likeness (QED) is 0.453. The molecule has 0 heteroatoms. The molecule has 0 saturated carbocycles. The highest BCUT2D eigenvalue weighted by Gasteiger charge is 2.08. The first kappa shape index (κ1) is 5.61. The lowest BCUT2D eigenvalue weighted by Crippen LogP contribution is -1.92. The van der Waals surface area contributed by atoms with E-state index in [0.29, 0.717) is 0 Å². The zero-order valence-electron chi connectivity index (χ0n) is 5.35. The van der Waals surface area contributed by atoms with E-state index in [4.69, 9.17) is 0 Å².